The average Bonchev–Trinajstić information content (AvgIpc) is 3.35. The molecular weight excluding hydrogens is 853 g/mol. The molecule has 0 N–H and O–H groups in total. The van der Waals surface area contributed by atoms with Crippen LogP contribution in [0.25, 0.3) is 0 Å². The molecule has 0 aliphatic carbocycles. The summed E-state index contributed by atoms with van der Waals surface area (Å²) in [7, 11) is 0. The summed E-state index contributed by atoms with van der Waals surface area (Å²) in [6.45, 7) is 6.53. The van der Waals surface area contributed by atoms with Crippen LogP contribution in [0.5, 0.6) is 0 Å². The Bertz CT molecular complexity index is 1250. The fraction of sp³-hybridized carbons (Fsp3) is 0.794. The molecule has 69 heavy (non-hydrogen) atoms. The van der Waals surface area contributed by atoms with Crippen molar-refractivity contribution in [3.8, 4) is 0 Å². The van der Waals surface area contributed by atoms with Crippen molar-refractivity contribution in [2.24, 2.45) is 0 Å². The highest BCUT2D eigenvalue weighted by Gasteiger charge is 2.19. The fourth-order valence-corrected chi connectivity index (χ4v) is 8.59. The Hall–Kier alpha value is -2.89. The molecule has 400 valence electrons. The van der Waals surface area contributed by atoms with Crippen LogP contribution >= 0.6 is 0 Å². The first-order valence-electron chi connectivity index (χ1n) is 29.8. The molecule has 0 saturated carbocycles. The molecule has 0 saturated heterocycles. The molecule has 1 atom stereocenters. The number of hydrogen-bond donors (Lipinski definition) is 0. The summed E-state index contributed by atoms with van der Waals surface area (Å²) < 4.78 is 16.9. The molecule has 0 fully saturated rings. The van der Waals surface area contributed by atoms with Crippen LogP contribution in [0, 0.1) is 0 Å². The minimum absolute atomic E-state index is 0.0809. The normalized spacial score (nSPS) is 12.4. The van der Waals surface area contributed by atoms with E-state index in [4.69, 9.17) is 14.2 Å². The molecular formula is C63H112O6. The van der Waals surface area contributed by atoms with E-state index in [2.05, 4.69) is 81.5 Å². The molecule has 0 radical (unpaired) electrons. The molecule has 0 aromatic heterocycles. The summed E-state index contributed by atoms with van der Waals surface area (Å²) in [5, 5.41) is 0. The number of carbonyl (C=O) groups is 3. The smallest absolute Gasteiger partial charge is 0.306 e. The molecule has 0 aromatic carbocycles. The Kier molecular flexibility index (Phi) is 55.3. The van der Waals surface area contributed by atoms with Crippen LogP contribution < -0.4 is 0 Å². The lowest BCUT2D eigenvalue weighted by Gasteiger charge is -2.18. The van der Waals surface area contributed by atoms with Crippen LogP contribution in [0.15, 0.2) is 60.8 Å². The second kappa shape index (κ2) is 57.7. The quantitative estimate of drug-likeness (QED) is 0.0262. The number of hydrogen-bond acceptors (Lipinski definition) is 6. The van der Waals surface area contributed by atoms with Gasteiger partial charge in [0.1, 0.15) is 13.2 Å². The summed E-state index contributed by atoms with van der Waals surface area (Å²) in [6.07, 6.45) is 72.2. The van der Waals surface area contributed by atoms with Crippen molar-refractivity contribution in [1.82, 2.24) is 0 Å². The van der Waals surface area contributed by atoms with Gasteiger partial charge in [0, 0.05) is 19.3 Å². The number of unbranched alkanes of at least 4 members (excludes halogenated alkanes) is 33. The van der Waals surface area contributed by atoms with Crippen molar-refractivity contribution in [2.75, 3.05) is 13.2 Å². The Morgan fingerprint density at radius 3 is 0.884 bits per heavy atom. The Labute approximate surface area is 428 Å². The lowest BCUT2D eigenvalue weighted by molar-refractivity contribution is -0.167. The molecule has 0 unspecified atom stereocenters. The summed E-state index contributed by atoms with van der Waals surface area (Å²) in [5.41, 5.74) is 0. The maximum Gasteiger partial charge on any atom is 0.306 e. The van der Waals surface area contributed by atoms with Gasteiger partial charge in [0.25, 0.3) is 0 Å². The lowest BCUT2D eigenvalue weighted by atomic mass is 10.0. The van der Waals surface area contributed by atoms with Gasteiger partial charge in [0.2, 0.25) is 0 Å². The standard InChI is InChI=1S/C63H112O6/c1-4-7-10-13-16-19-22-24-26-28-30-31-33-35-37-39-42-45-48-51-54-57-63(66)69-60(58-67-61(64)55-52-49-46-43-40-21-18-15-12-9-6-3)59-68-62(65)56-53-50-47-44-41-38-36-34-32-29-27-25-23-20-17-14-11-8-5-2/h8,11,17,20,25,27,32,34,38,41,60H,4-7,9-10,12-16,18-19,21-24,26,28-31,33,35-37,39-40,42-59H2,1-3H3/b11-8-,20-17-,27-25-,34-32-,41-38-/t60-/m0/s1. The predicted molar refractivity (Wildman–Crippen MR) is 298 cm³/mol. The first kappa shape index (κ1) is 66.1. The zero-order valence-corrected chi connectivity index (χ0v) is 45.8. The van der Waals surface area contributed by atoms with Gasteiger partial charge >= 0.3 is 17.9 Å². The largest absolute Gasteiger partial charge is 0.462 e. The first-order chi connectivity index (χ1) is 34.0. The van der Waals surface area contributed by atoms with E-state index in [0.717, 1.165) is 96.3 Å². The van der Waals surface area contributed by atoms with Crippen molar-refractivity contribution >= 4 is 17.9 Å². The second-order valence-corrected chi connectivity index (χ2v) is 19.9. The molecule has 0 bridgehead atoms. The van der Waals surface area contributed by atoms with Crippen LogP contribution in [-0.4, -0.2) is 37.2 Å². The number of allylic oxidation sites excluding steroid dienone is 10. The minimum atomic E-state index is -0.784. The van der Waals surface area contributed by atoms with Gasteiger partial charge in [0.05, 0.1) is 0 Å². The minimum Gasteiger partial charge on any atom is -0.462 e. The van der Waals surface area contributed by atoms with E-state index in [1.807, 2.05) is 0 Å². The molecule has 0 aliphatic rings. The van der Waals surface area contributed by atoms with Gasteiger partial charge in [-0.3, -0.25) is 14.4 Å². The van der Waals surface area contributed by atoms with E-state index >= 15 is 0 Å². The van der Waals surface area contributed by atoms with Gasteiger partial charge in [-0.2, -0.15) is 0 Å². The Balaban J connectivity index is 4.34. The van der Waals surface area contributed by atoms with Crippen molar-refractivity contribution in [1.29, 1.82) is 0 Å². The number of esters is 3. The molecule has 0 heterocycles. The van der Waals surface area contributed by atoms with Crippen molar-refractivity contribution in [3.63, 3.8) is 0 Å². The second-order valence-electron chi connectivity index (χ2n) is 19.9. The summed E-state index contributed by atoms with van der Waals surface area (Å²) >= 11 is 0. The van der Waals surface area contributed by atoms with E-state index in [0.29, 0.717) is 19.3 Å². The van der Waals surface area contributed by atoms with Gasteiger partial charge in [-0.05, 0) is 64.2 Å². The van der Waals surface area contributed by atoms with Crippen LogP contribution in [0.1, 0.15) is 303 Å². The number of rotatable bonds is 54. The van der Waals surface area contributed by atoms with Gasteiger partial charge in [0.15, 0.2) is 6.10 Å². The lowest BCUT2D eigenvalue weighted by Crippen LogP contribution is -2.30. The van der Waals surface area contributed by atoms with E-state index in [-0.39, 0.29) is 31.1 Å². The average molecular weight is 966 g/mol. The molecule has 6 nitrogen and oxygen atoms in total. The third-order valence-corrected chi connectivity index (χ3v) is 13.0. The highest BCUT2D eigenvalue weighted by atomic mass is 16.6. The summed E-state index contributed by atoms with van der Waals surface area (Å²) in [6, 6.07) is 0. The van der Waals surface area contributed by atoms with Crippen LogP contribution in [0.3, 0.4) is 0 Å². The molecule has 0 amide bonds. The first-order valence-corrected chi connectivity index (χ1v) is 29.8. The van der Waals surface area contributed by atoms with E-state index in [1.165, 1.54) is 167 Å². The van der Waals surface area contributed by atoms with E-state index < -0.39 is 6.10 Å². The van der Waals surface area contributed by atoms with Crippen LogP contribution in [0.4, 0.5) is 0 Å². The molecule has 0 aromatic rings. The predicted octanol–water partition coefficient (Wildman–Crippen LogP) is 20.0. The highest BCUT2D eigenvalue weighted by Crippen LogP contribution is 2.17. The maximum absolute atomic E-state index is 12.9. The zero-order valence-electron chi connectivity index (χ0n) is 45.8. The topological polar surface area (TPSA) is 78.9 Å². The Morgan fingerprint density at radius 2 is 0.565 bits per heavy atom. The molecule has 0 spiro atoms. The number of ether oxygens (including phenoxy) is 3. The van der Waals surface area contributed by atoms with Crippen molar-refractivity contribution in [3.05, 3.63) is 60.8 Å². The third-order valence-electron chi connectivity index (χ3n) is 13.0. The fourth-order valence-electron chi connectivity index (χ4n) is 8.59. The monoisotopic (exact) mass is 965 g/mol. The van der Waals surface area contributed by atoms with Crippen LogP contribution in [0.2, 0.25) is 0 Å². The summed E-state index contributed by atoms with van der Waals surface area (Å²) in [5.74, 6) is -0.900. The van der Waals surface area contributed by atoms with Gasteiger partial charge in [-0.25, -0.2) is 0 Å². The van der Waals surface area contributed by atoms with E-state index in [9.17, 15) is 14.4 Å². The summed E-state index contributed by atoms with van der Waals surface area (Å²) in [4.78, 5) is 38.1. The van der Waals surface area contributed by atoms with Gasteiger partial charge in [-0.15, -0.1) is 0 Å². The Morgan fingerprint density at radius 1 is 0.304 bits per heavy atom. The van der Waals surface area contributed by atoms with Crippen LogP contribution in [-0.2, 0) is 28.6 Å². The molecule has 0 aliphatic heterocycles. The molecule has 6 heteroatoms. The molecule has 0 rings (SSSR count). The highest BCUT2D eigenvalue weighted by molar-refractivity contribution is 5.71. The van der Waals surface area contributed by atoms with E-state index in [1.54, 1.807) is 0 Å². The maximum atomic E-state index is 12.9. The van der Waals surface area contributed by atoms with Crippen molar-refractivity contribution in [2.45, 2.75) is 309 Å². The van der Waals surface area contributed by atoms with Crippen molar-refractivity contribution < 1.29 is 28.6 Å². The third kappa shape index (κ3) is 55.9. The SMILES string of the molecule is CC/C=C\C/C=C\C/C=C\C/C=C\C/C=C\CCCCCC(=O)OC[C@H](COC(=O)CCCCCCCCCCCCC)OC(=O)CCCCCCCCCCCCCCCCCCCCCCC. The van der Waals surface area contributed by atoms with Gasteiger partial charge < -0.3 is 14.2 Å². The zero-order chi connectivity index (χ0) is 50.0. The number of carbonyl (C=O) groups excluding carboxylic acids is 3. The van der Waals surface area contributed by atoms with Gasteiger partial charge in [-0.1, -0.05) is 281 Å².